The van der Waals surface area contributed by atoms with Crippen LogP contribution in [-0.2, 0) is 23.0 Å². The van der Waals surface area contributed by atoms with Crippen LogP contribution in [0.15, 0.2) is 30.5 Å². The van der Waals surface area contributed by atoms with Crippen LogP contribution in [0.1, 0.15) is 29.3 Å². The number of halogens is 1. The van der Waals surface area contributed by atoms with Crippen molar-refractivity contribution in [2.45, 2.75) is 29.9 Å². The second-order valence-electron chi connectivity index (χ2n) is 5.41. The van der Waals surface area contributed by atoms with E-state index in [1.54, 1.807) is 20.3 Å². The number of nitrogens with zero attached hydrogens (tertiary/aromatic N) is 1. The number of rotatable bonds is 2. The van der Waals surface area contributed by atoms with Crippen molar-refractivity contribution in [2.24, 2.45) is 0 Å². The fraction of sp³-hybridized carbons (Fsp3) is 0.368. The molecule has 0 aliphatic carbocycles. The van der Waals surface area contributed by atoms with Gasteiger partial charge >= 0.3 is 0 Å². The molecule has 0 saturated heterocycles. The molecule has 1 N–H and O–H groups in total. The number of aromatic amines is 1. The normalized spacial score (nSPS) is 12.7. The van der Waals surface area contributed by atoms with E-state index in [0.29, 0.717) is 0 Å². The lowest BCUT2D eigenvalue weighted by Gasteiger charge is -2.15. The number of nitriles is 1. The molecule has 4 bridgehead atoms. The van der Waals surface area contributed by atoms with E-state index < -0.39 is 0 Å². The SMILES string of the molecule is CC#N.COc1cc2c(OC)cc1CSCc1ccc([nH+]c1)CSC2.[Br-]. The summed E-state index contributed by atoms with van der Waals surface area (Å²) in [7, 11) is 3.48. The van der Waals surface area contributed by atoms with E-state index in [1.165, 1.54) is 29.3 Å². The molecule has 0 radical (unpaired) electrons. The Morgan fingerprint density at radius 1 is 0.962 bits per heavy atom. The third-order valence-electron chi connectivity index (χ3n) is 3.67. The van der Waals surface area contributed by atoms with Crippen molar-refractivity contribution in [3.63, 3.8) is 0 Å². The highest BCUT2D eigenvalue weighted by atomic mass is 79.9. The van der Waals surface area contributed by atoms with Gasteiger partial charge in [0.05, 0.1) is 26.0 Å². The minimum atomic E-state index is 0. The Morgan fingerprint density at radius 3 is 1.96 bits per heavy atom. The van der Waals surface area contributed by atoms with Gasteiger partial charge in [-0.05, 0) is 18.2 Å². The number of aromatic nitrogens is 1. The van der Waals surface area contributed by atoms with Crippen LogP contribution in [0.25, 0.3) is 0 Å². The summed E-state index contributed by atoms with van der Waals surface area (Å²) in [5, 5.41) is 7.32. The first kappa shape index (κ1) is 22.7. The van der Waals surface area contributed by atoms with Crippen molar-refractivity contribution in [3.8, 4) is 17.6 Å². The molecule has 1 aromatic carbocycles. The van der Waals surface area contributed by atoms with Gasteiger partial charge in [0.2, 0.25) is 0 Å². The minimum absolute atomic E-state index is 0. The fourth-order valence-electron chi connectivity index (χ4n) is 2.47. The molecule has 5 heterocycles. The molecule has 0 amide bonds. The van der Waals surface area contributed by atoms with Gasteiger partial charge in [0.25, 0.3) is 0 Å². The Kier molecular flexibility index (Phi) is 10.6. The monoisotopic (exact) mass is 454 g/mol. The summed E-state index contributed by atoms with van der Waals surface area (Å²) in [4.78, 5) is 3.39. The van der Waals surface area contributed by atoms with Crippen LogP contribution in [0, 0.1) is 11.3 Å². The molecule has 7 heteroatoms. The predicted molar refractivity (Wildman–Crippen MR) is 104 cm³/mol. The summed E-state index contributed by atoms with van der Waals surface area (Å²) in [6.07, 6.45) is 2.12. The lowest BCUT2D eigenvalue weighted by atomic mass is 10.1. The van der Waals surface area contributed by atoms with Gasteiger partial charge in [-0.1, -0.05) is 0 Å². The van der Waals surface area contributed by atoms with Gasteiger partial charge in [-0.15, -0.1) is 11.8 Å². The predicted octanol–water partition coefficient (Wildman–Crippen LogP) is 1.23. The molecule has 26 heavy (non-hydrogen) atoms. The average molecular weight is 455 g/mol. The molecular formula is C19H23BrN2O2S2. The molecule has 0 spiro atoms. The maximum absolute atomic E-state index is 7.32. The zero-order valence-electron chi connectivity index (χ0n) is 15.2. The lowest BCUT2D eigenvalue weighted by molar-refractivity contribution is -0.388. The largest absolute Gasteiger partial charge is 1.00 e. The third-order valence-corrected chi connectivity index (χ3v) is 5.75. The number of benzene rings is 1. The van der Waals surface area contributed by atoms with Crippen LogP contribution in [0.3, 0.4) is 0 Å². The summed E-state index contributed by atoms with van der Waals surface area (Å²) in [6, 6.07) is 10.4. The van der Waals surface area contributed by atoms with Crippen LogP contribution in [0.4, 0.5) is 0 Å². The van der Waals surface area contributed by atoms with Gasteiger partial charge in [0, 0.05) is 46.9 Å². The standard InChI is InChI=1S/C17H19NO2S2.C2H3N.BrH/c1-19-16-6-14-10-22-11-15-4-3-12(7-18-15)8-21-9-13(16)5-17(14)20-2;1-2-3;/h3-7H,8-11H2,1-2H3;1H3;1H. The van der Waals surface area contributed by atoms with Crippen molar-refractivity contribution in [2.75, 3.05) is 14.2 Å². The van der Waals surface area contributed by atoms with Crippen LogP contribution in [0.5, 0.6) is 11.5 Å². The Bertz CT molecular complexity index is 677. The summed E-state index contributed by atoms with van der Waals surface area (Å²) in [5.41, 5.74) is 4.94. The molecule has 4 aliphatic rings. The van der Waals surface area contributed by atoms with E-state index in [4.69, 9.17) is 14.7 Å². The minimum Gasteiger partial charge on any atom is -1.00 e. The molecule has 140 valence electrons. The first-order chi connectivity index (χ1) is 12.2. The van der Waals surface area contributed by atoms with E-state index in [2.05, 4.69) is 35.4 Å². The quantitative estimate of drug-likeness (QED) is 0.682. The smallest absolute Gasteiger partial charge is 0.189 e. The van der Waals surface area contributed by atoms with Gasteiger partial charge in [-0.3, -0.25) is 0 Å². The lowest BCUT2D eigenvalue weighted by Crippen LogP contribution is -3.00. The van der Waals surface area contributed by atoms with Crippen molar-refractivity contribution in [3.05, 3.63) is 52.8 Å². The van der Waals surface area contributed by atoms with Gasteiger partial charge in [-0.25, -0.2) is 4.98 Å². The summed E-state index contributed by atoms with van der Waals surface area (Å²) in [5.74, 6) is 5.68. The fourth-order valence-corrected chi connectivity index (χ4v) is 4.38. The Balaban J connectivity index is 0.000000791. The average Bonchev–Trinajstić information content (AvgIpc) is 2.64. The maximum Gasteiger partial charge on any atom is 0.189 e. The molecular weight excluding hydrogens is 432 g/mol. The maximum atomic E-state index is 7.32. The molecule has 0 saturated carbocycles. The topological polar surface area (TPSA) is 56.4 Å². The second-order valence-corrected chi connectivity index (χ2v) is 7.38. The van der Waals surface area contributed by atoms with Gasteiger partial charge < -0.3 is 26.5 Å². The number of methoxy groups -OCH3 is 2. The van der Waals surface area contributed by atoms with Gasteiger partial charge in [0.15, 0.2) is 11.9 Å². The summed E-state index contributed by atoms with van der Waals surface area (Å²) in [6.45, 7) is 1.43. The van der Waals surface area contributed by atoms with Crippen LogP contribution < -0.4 is 31.4 Å². The second kappa shape index (κ2) is 12.1. The number of ether oxygens (including phenoxy) is 2. The summed E-state index contributed by atoms with van der Waals surface area (Å²) < 4.78 is 11.1. The zero-order valence-corrected chi connectivity index (χ0v) is 18.4. The van der Waals surface area contributed by atoms with E-state index in [-0.39, 0.29) is 17.0 Å². The molecule has 4 nitrogen and oxygen atoms in total. The number of hydrogen-bond donors (Lipinski definition) is 0. The Morgan fingerprint density at radius 2 is 1.50 bits per heavy atom. The highest BCUT2D eigenvalue weighted by Gasteiger charge is 2.13. The molecule has 0 unspecified atom stereocenters. The highest BCUT2D eigenvalue weighted by molar-refractivity contribution is 7.98. The van der Waals surface area contributed by atoms with E-state index in [9.17, 15) is 0 Å². The van der Waals surface area contributed by atoms with Gasteiger partial charge in [-0.2, -0.15) is 17.0 Å². The van der Waals surface area contributed by atoms with Crippen molar-refractivity contribution >= 4 is 23.5 Å². The first-order valence-electron chi connectivity index (χ1n) is 7.91. The number of thioether (sulfide) groups is 2. The van der Waals surface area contributed by atoms with E-state index in [0.717, 1.165) is 34.5 Å². The number of nitrogens with one attached hydrogen (secondary N) is 1. The molecule has 4 aliphatic heterocycles. The number of hydrogen-bond acceptors (Lipinski definition) is 5. The Labute approximate surface area is 174 Å². The molecule has 0 atom stereocenters. The molecule has 2 aromatic rings. The zero-order chi connectivity index (χ0) is 18.1. The van der Waals surface area contributed by atoms with Gasteiger partial charge in [0.1, 0.15) is 11.5 Å². The number of pyridine rings is 1. The summed E-state index contributed by atoms with van der Waals surface area (Å²) >= 11 is 3.76. The molecule has 1 aromatic heterocycles. The Hall–Kier alpha value is -1.36. The highest BCUT2D eigenvalue weighted by Crippen LogP contribution is 2.34. The van der Waals surface area contributed by atoms with Crippen LogP contribution >= 0.6 is 23.5 Å². The third kappa shape index (κ3) is 6.42. The van der Waals surface area contributed by atoms with E-state index >= 15 is 0 Å². The van der Waals surface area contributed by atoms with Crippen molar-refractivity contribution in [1.82, 2.24) is 0 Å². The molecule has 0 fully saturated rings. The van der Waals surface area contributed by atoms with Crippen molar-refractivity contribution < 1.29 is 31.4 Å². The van der Waals surface area contributed by atoms with Crippen LogP contribution in [-0.4, -0.2) is 14.2 Å². The van der Waals surface area contributed by atoms with E-state index in [1.807, 2.05) is 23.5 Å². The number of H-pyrrole nitrogens is 1. The first-order valence-corrected chi connectivity index (χ1v) is 10.2. The molecule has 6 rings (SSSR count). The van der Waals surface area contributed by atoms with Crippen LogP contribution in [0.2, 0.25) is 0 Å². The van der Waals surface area contributed by atoms with Crippen molar-refractivity contribution in [1.29, 1.82) is 5.26 Å².